The average Bonchev–Trinajstić information content (AvgIpc) is 2.46. The minimum Gasteiger partial charge on any atom is -0.329 e. The van der Waals surface area contributed by atoms with Crippen LogP contribution in [0.5, 0.6) is 0 Å². The summed E-state index contributed by atoms with van der Waals surface area (Å²) in [6, 6.07) is 1.71. The first kappa shape index (κ1) is 12.6. The third-order valence-electron chi connectivity index (χ3n) is 2.13. The summed E-state index contributed by atoms with van der Waals surface area (Å²) >= 11 is 1.49. The van der Waals surface area contributed by atoms with Gasteiger partial charge in [-0.15, -0.1) is 11.3 Å². The van der Waals surface area contributed by atoms with Gasteiger partial charge in [0.2, 0.25) is 10.0 Å². The van der Waals surface area contributed by atoms with E-state index < -0.39 is 10.0 Å². The van der Waals surface area contributed by atoms with Crippen LogP contribution in [0.25, 0.3) is 0 Å². The van der Waals surface area contributed by atoms with Gasteiger partial charge in [0, 0.05) is 29.9 Å². The highest BCUT2D eigenvalue weighted by atomic mass is 32.2. The third kappa shape index (κ3) is 2.57. The smallest absolute Gasteiger partial charge is 0.243 e. The van der Waals surface area contributed by atoms with E-state index in [-0.39, 0.29) is 0 Å². The molecule has 2 N–H and O–H groups in total. The second-order valence-electron chi connectivity index (χ2n) is 3.39. The second kappa shape index (κ2) is 4.61. The van der Waals surface area contributed by atoms with Crippen molar-refractivity contribution >= 4 is 21.4 Å². The van der Waals surface area contributed by atoms with Gasteiger partial charge in [0.25, 0.3) is 0 Å². The van der Waals surface area contributed by atoms with Crippen LogP contribution >= 0.6 is 11.3 Å². The second-order valence-corrected chi connectivity index (χ2v) is 6.87. The van der Waals surface area contributed by atoms with Crippen molar-refractivity contribution in [2.24, 2.45) is 5.73 Å². The van der Waals surface area contributed by atoms with Gasteiger partial charge in [-0.3, -0.25) is 0 Å². The van der Waals surface area contributed by atoms with Crippen LogP contribution in [0, 0.1) is 13.8 Å². The molecule has 1 rings (SSSR count). The van der Waals surface area contributed by atoms with Crippen LogP contribution in [-0.2, 0) is 10.0 Å². The third-order valence-corrected chi connectivity index (χ3v) is 5.21. The number of sulfonamides is 1. The number of aryl methyl sites for hydroxylation is 2. The van der Waals surface area contributed by atoms with Gasteiger partial charge in [-0.05, 0) is 19.9 Å². The Morgan fingerprint density at radius 1 is 1.47 bits per heavy atom. The molecule has 1 heterocycles. The van der Waals surface area contributed by atoms with Gasteiger partial charge in [0.15, 0.2) is 0 Å². The number of thiophene rings is 1. The molecule has 0 saturated carbocycles. The Morgan fingerprint density at radius 2 is 2.07 bits per heavy atom. The van der Waals surface area contributed by atoms with Crippen molar-refractivity contribution in [1.29, 1.82) is 0 Å². The van der Waals surface area contributed by atoms with Crippen molar-refractivity contribution in [3.05, 3.63) is 15.8 Å². The topological polar surface area (TPSA) is 63.4 Å². The van der Waals surface area contributed by atoms with E-state index in [9.17, 15) is 8.42 Å². The minimum atomic E-state index is -3.35. The molecular formula is C9H16N2O2S2. The van der Waals surface area contributed by atoms with Gasteiger partial charge in [-0.2, -0.15) is 4.31 Å². The molecule has 0 unspecified atom stereocenters. The first-order valence-electron chi connectivity index (χ1n) is 4.63. The molecule has 0 amide bonds. The molecule has 0 aliphatic heterocycles. The van der Waals surface area contributed by atoms with Gasteiger partial charge in [0.1, 0.15) is 0 Å². The van der Waals surface area contributed by atoms with Crippen molar-refractivity contribution in [3.63, 3.8) is 0 Å². The van der Waals surface area contributed by atoms with E-state index in [1.807, 2.05) is 13.8 Å². The number of likely N-dealkylation sites (N-methyl/N-ethyl adjacent to an activating group) is 1. The van der Waals surface area contributed by atoms with E-state index >= 15 is 0 Å². The SMILES string of the molecule is Cc1cc(S(=O)(=O)N(C)CCN)c(C)s1. The summed E-state index contributed by atoms with van der Waals surface area (Å²) in [5.41, 5.74) is 5.34. The quantitative estimate of drug-likeness (QED) is 0.862. The summed E-state index contributed by atoms with van der Waals surface area (Å²) in [5, 5.41) is 0. The normalized spacial score (nSPS) is 12.3. The molecule has 0 saturated heterocycles. The molecule has 4 nitrogen and oxygen atoms in total. The highest BCUT2D eigenvalue weighted by Gasteiger charge is 2.23. The van der Waals surface area contributed by atoms with Crippen molar-refractivity contribution in [3.8, 4) is 0 Å². The monoisotopic (exact) mass is 248 g/mol. The average molecular weight is 248 g/mol. The van der Waals surface area contributed by atoms with Crippen LogP contribution < -0.4 is 5.73 Å². The Morgan fingerprint density at radius 3 is 2.47 bits per heavy atom. The van der Waals surface area contributed by atoms with E-state index in [1.54, 1.807) is 13.1 Å². The van der Waals surface area contributed by atoms with Gasteiger partial charge in [-0.25, -0.2) is 8.42 Å². The largest absolute Gasteiger partial charge is 0.329 e. The number of rotatable bonds is 4. The Kier molecular flexibility index (Phi) is 3.88. The molecule has 0 atom stereocenters. The zero-order valence-electron chi connectivity index (χ0n) is 9.15. The fourth-order valence-electron chi connectivity index (χ4n) is 1.33. The maximum atomic E-state index is 12.0. The molecule has 0 aliphatic rings. The highest BCUT2D eigenvalue weighted by Crippen LogP contribution is 2.26. The standard InChI is InChI=1S/C9H16N2O2S2/c1-7-6-9(8(2)14-7)15(12,13)11(3)5-4-10/h6H,4-5,10H2,1-3H3. The van der Waals surface area contributed by atoms with Crippen LogP contribution in [0.1, 0.15) is 9.75 Å². The maximum Gasteiger partial charge on any atom is 0.243 e. The van der Waals surface area contributed by atoms with E-state index in [0.717, 1.165) is 9.75 Å². The highest BCUT2D eigenvalue weighted by molar-refractivity contribution is 7.89. The predicted molar refractivity (Wildman–Crippen MR) is 62.7 cm³/mol. The fourth-order valence-corrected chi connectivity index (χ4v) is 4.04. The lowest BCUT2D eigenvalue weighted by Crippen LogP contribution is -2.31. The number of hydrogen-bond donors (Lipinski definition) is 1. The molecular weight excluding hydrogens is 232 g/mol. The lowest BCUT2D eigenvalue weighted by Gasteiger charge is -2.15. The summed E-state index contributed by atoms with van der Waals surface area (Å²) < 4.78 is 25.4. The van der Waals surface area contributed by atoms with Gasteiger partial charge < -0.3 is 5.73 Å². The summed E-state index contributed by atoms with van der Waals surface area (Å²) in [6.07, 6.45) is 0. The van der Waals surface area contributed by atoms with E-state index in [1.165, 1.54) is 15.6 Å². The molecule has 0 spiro atoms. The molecule has 1 aromatic heterocycles. The maximum absolute atomic E-state index is 12.0. The molecule has 0 aliphatic carbocycles. The van der Waals surface area contributed by atoms with Crippen LogP contribution in [0.3, 0.4) is 0 Å². The molecule has 0 fully saturated rings. The Hall–Kier alpha value is -0.430. The van der Waals surface area contributed by atoms with Gasteiger partial charge in [0.05, 0.1) is 4.90 Å². The predicted octanol–water partition coefficient (Wildman–Crippen LogP) is 0.944. The Bertz CT molecular complexity index is 437. The van der Waals surface area contributed by atoms with Crippen LogP contribution in [0.4, 0.5) is 0 Å². The van der Waals surface area contributed by atoms with Crippen LogP contribution in [0.2, 0.25) is 0 Å². The van der Waals surface area contributed by atoms with Crippen LogP contribution in [0.15, 0.2) is 11.0 Å². The first-order valence-corrected chi connectivity index (χ1v) is 6.88. The summed E-state index contributed by atoms with van der Waals surface area (Å²) in [6.45, 7) is 4.40. The Balaban J connectivity index is 3.11. The number of nitrogens with zero attached hydrogens (tertiary/aromatic N) is 1. The van der Waals surface area contributed by atoms with Gasteiger partial charge >= 0.3 is 0 Å². The van der Waals surface area contributed by atoms with Crippen LogP contribution in [-0.4, -0.2) is 32.9 Å². The zero-order chi connectivity index (χ0) is 11.6. The molecule has 86 valence electrons. The zero-order valence-corrected chi connectivity index (χ0v) is 10.8. The number of nitrogens with two attached hydrogens (primary N) is 1. The Labute approximate surface area is 94.8 Å². The summed E-state index contributed by atoms with van der Waals surface area (Å²) in [5.74, 6) is 0. The van der Waals surface area contributed by atoms with E-state index in [0.29, 0.717) is 18.0 Å². The molecule has 0 bridgehead atoms. The molecule has 15 heavy (non-hydrogen) atoms. The van der Waals surface area contributed by atoms with Gasteiger partial charge in [-0.1, -0.05) is 0 Å². The van der Waals surface area contributed by atoms with Crippen molar-refractivity contribution in [2.45, 2.75) is 18.7 Å². The summed E-state index contributed by atoms with van der Waals surface area (Å²) in [7, 11) is -1.80. The lowest BCUT2D eigenvalue weighted by atomic mass is 10.4. The number of hydrogen-bond acceptors (Lipinski definition) is 4. The molecule has 6 heteroatoms. The molecule has 1 aromatic rings. The summed E-state index contributed by atoms with van der Waals surface area (Å²) in [4.78, 5) is 2.24. The van der Waals surface area contributed by atoms with Crippen molar-refractivity contribution < 1.29 is 8.42 Å². The first-order chi connectivity index (χ1) is 6.89. The van der Waals surface area contributed by atoms with Crippen molar-refractivity contribution in [2.75, 3.05) is 20.1 Å². The van der Waals surface area contributed by atoms with E-state index in [2.05, 4.69) is 0 Å². The fraction of sp³-hybridized carbons (Fsp3) is 0.556. The van der Waals surface area contributed by atoms with E-state index in [4.69, 9.17) is 5.73 Å². The lowest BCUT2D eigenvalue weighted by molar-refractivity contribution is 0.476. The van der Waals surface area contributed by atoms with Crippen molar-refractivity contribution in [1.82, 2.24) is 4.31 Å². The molecule has 0 radical (unpaired) electrons. The molecule has 0 aromatic carbocycles. The minimum absolute atomic E-state index is 0.331.